The number of nitrogen functional groups attached to an aromatic ring is 1. The molecule has 3 N–H and O–H groups in total. The average Bonchev–Trinajstić information content (AvgIpc) is 2.22. The van der Waals surface area contributed by atoms with Crippen LogP contribution in [0.4, 0.5) is 11.8 Å². The third kappa shape index (κ3) is 5.14. The number of ether oxygens (including phenoxy) is 1. The number of nitrogens with two attached hydrogens (primary N) is 1. The molecule has 0 fully saturated rings. The number of halogens is 1. The normalized spacial score (nSPS) is 10.4. The van der Waals surface area contributed by atoms with E-state index in [1.807, 2.05) is 0 Å². The Hall–Kier alpha value is -1.07. The molecule has 0 bridgehead atoms. The highest BCUT2D eigenvalue weighted by molar-refractivity contribution is 6.29. The molecular weight excluding hydrogens is 228 g/mol. The van der Waals surface area contributed by atoms with Crippen LogP contribution in [0.3, 0.4) is 0 Å². The summed E-state index contributed by atoms with van der Waals surface area (Å²) in [5, 5.41) is 3.40. The predicted octanol–water partition coefficient (Wildman–Crippen LogP) is 1.94. The highest BCUT2D eigenvalue weighted by Crippen LogP contribution is 2.11. The molecule has 1 heterocycles. The van der Waals surface area contributed by atoms with Crippen LogP contribution in [0.15, 0.2) is 6.07 Å². The number of aromatic nitrogens is 2. The molecule has 0 radical (unpaired) electrons. The number of nitrogens with zero attached hydrogens (tertiary/aromatic N) is 2. The summed E-state index contributed by atoms with van der Waals surface area (Å²) in [6.07, 6.45) is 2.23. The van der Waals surface area contributed by atoms with E-state index in [4.69, 9.17) is 22.1 Å². The lowest BCUT2D eigenvalue weighted by molar-refractivity contribution is 0.141. The monoisotopic (exact) mass is 244 g/mol. The molecule has 1 aromatic heterocycles. The van der Waals surface area contributed by atoms with Crippen molar-refractivity contribution in [1.82, 2.24) is 9.97 Å². The molecule has 5 nitrogen and oxygen atoms in total. The first-order chi connectivity index (χ1) is 7.72. The summed E-state index contributed by atoms with van der Waals surface area (Å²) in [5.41, 5.74) is 5.45. The highest BCUT2D eigenvalue weighted by atomic mass is 35.5. The topological polar surface area (TPSA) is 73.1 Å². The maximum atomic E-state index is 5.73. The lowest BCUT2D eigenvalue weighted by atomic mass is 10.4. The zero-order chi connectivity index (χ0) is 11.8. The van der Waals surface area contributed by atoms with Gasteiger partial charge in [-0.3, -0.25) is 0 Å². The van der Waals surface area contributed by atoms with Gasteiger partial charge in [0.1, 0.15) is 11.0 Å². The quantitative estimate of drug-likeness (QED) is 0.567. The Morgan fingerprint density at radius 1 is 1.44 bits per heavy atom. The Bertz CT molecular complexity index is 301. The van der Waals surface area contributed by atoms with Gasteiger partial charge in [-0.1, -0.05) is 24.9 Å². The van der Waals surface area contributed by atoms with Gasteiger partial charge in [-0.2, -0.15) is 4.98 Å². The molecule has 0 unspecified atom stereocenters. The third-order valence-corrected chi connectivity index (χ3v) is 2.10. The highest BCUT2D eigenvalue weighted by Gasteiger charge is 1.99. The van der Waals surface area contributed by atoms with Crippen LogP contribution in [0.5, 0.6) is 0 Å². The van der Waals surface area contributed by atoms with Crippen molar-refractivity contribution < 1.29 is 4.74 Å². The fourth-order valence-corrected chi connectivity index (χ4v) is 1.32. The molecule has 0 aliphatic rings. The summed E-state index contributed by atoms with van der Waals surface area (Å²) in [4.78, 5) is 7.75. The first-order valence-corrected chi connectivity index (χ1v) is 5.72. The Morgan fingerprint density at radius 2 is 2.25 bits per heavy atom. The molecule has 90 valence electrons. The fraction of sp³-hybridized carbons (Fsp3) is 0.600. The zero-order valence-electron chi connectivity index (χ0n) is 9.37. The van der Waals surface area contributed by atoms with Crippen molar-refractivity contribution in [3.8, 4) is 0 Å². The van der Waals surface area contributed by atoms with Gasteiger partial charge < -0.3 is 15.8 Å². The van der Waals surface area contributed by atoms with Crippen LogP contribution in [0.25, 0.3) is 0 Å². The number of anilines is 2. The van der Waals surface area contributed by atoms with Crippen molar-refractivity contribution in [2.75, 3.05) is 30.8 Å². The van der Waals surface area contributed by atoms with Gasteiger partial charge in [0.15, 0.2) is 0 Å². The van der Waals surface area contributed by atoms with Gasteiger partial charge in [-0.15, -0.1) is 0 Å². The van der Waals surface area contributed by atoms with Gasteiger partial charge in [0, 0.05) is 19.2 Å². The van der Waals surface area contributed by atoms with Crippen LogP contribution in [0.1, 0.15) is 19.8 Å². The van der Waals surface area contributed by atoms with Crippen LogP contribution < -0.4 is 11.1 Å². The molecule has 6 heteroatoms. The summed E-state index contributed by atoms with van der Waals surface area (Å²) in [7, 11) is 0. The minimum atomic E-state index is 0.168. The number of nitrogens with one attached hydrogen (secondary N) is 1. The molecule has 16 heavy (non-hydrogen) atoms. The standard InChI is InChI=1S/C10H17ClN4O/c1-2-3-5-16-6-4-13-9-7-8(11)14-10(12)15-9/h7H,2-6H2,1H3,(H3,12,13,14,15). The smallest absolute Gasteiger partial charge is 0.223 e. The minimum absolute atomic E-state index is 0.168. The van der Waals surface area contributed by atoms with E-state index >= 15 is 0 Å². The summed E-state index contributed by atoms with van der Waals surface area (Å²) >= 11 is 5.73. The second kappa shape index (κ2) is 7.24. The van der Waals surface area contributed by atoms with E-state index in [1.54, 1.807) is 6.07 Å². The summed E-state index contributed by atoms with van der Waals surface area (Å²) in [6.45, 7) is 4.25. The van der Waals surface area contributed by atoms with Crippen molar-refractivity contribution in [3.63, 3.8) is 0 Å². The Kier molecular flexibility index (Phi) is 5.88. The van der Waals surface area contributed by atoms with Gasteiger partial charge in [0.2, 0.25) is 5.95 Å². The van der Waals surface area contributed by atoms with Crippen molar-refractivity contribution >= 4 is 23.4 Å². The molecule has 0 aromatic carbocycles. The van der Waals surface area contributed by atoms with Crippen molar-refractivity contribution in [3.05, 3.63) is 11.2 Å². The predicted molar refractivity (Wildman–Crippen MR) is 65.7 cm³/mol. The molecule has 0 spiro atoms. The molecule has 0 saturated heterocycles. The number of hydrogen-bond donors (Lipinski definition) is 2. The largest absolute Gasteiger partial charge is 0.380 e. The third-order valence-electron chi connectivity index (χ3n) is 1.91. The van der Waals surface area contributed by atoms with Crippen LogP contribution in [0.2, 0.25) is 5.15 Å². The number of hydrogen-bond acceptors (Lipinski definition) is 5. The van der Waals surface area contributed by atoms with Crippen molar-refractivity contribution in [1.29, 1.82) is 0 Å². The summed E-state index contributed by atoms with van der Waals surface area (Å²) in [5.74, 6) is 0.790. The van der Waals surface area contributed by atoms with Gasteiger partial charge in [-0.05, 0) is 6.42 Å². The van der Waals surface area contributed by atoms with Crippen molar-refractivity contribution in [2.45, 2.75) is 19.8 Å². The van der Waals surface area contributed by atoms with E-state index in [-0.39, 0.29) is 5.95 Å². The molecule has 0 amide bonds. The van der Waals surface area contributed by atoms with Crippen LogP contribution in [-0.4, -0.2) is 29.7 Å². The molecule has 0 aliphatic heterocycles. The molecule has 0 aliphatic carbocycles. The summed E-state index contributed by atoms with van der Waals surface area (Å²) in [6, 6.07) is 1.63. The Morgan fingerprint density at radius 3 is 2.94 bits per heavy atom. The van der Waals surface area contributed by atoms with E-state index in [1.165, 1.54) is 0 Å². The van der Waals surface area contributed by atoms with Crippen LogP contribution in [-0.2, 0) is 4.74 Å². The SMILES string of the molecule is CCCCOCCNc1cc(Cl)nc(N)n1. The zero-order valence-corrected chi connectivity index (χ0v) is 10.1. The van der Waals surface area contributed by atoms with Gasteiger partial charge >= 0.3 is 0 Å². The summed E-state index contributed by atoms with van der Waals surface area (Å²) < 4.78 is 5.39. The Balaban J connectivity index is 2.21. The van der Waals surface area contributed by atoms with Crippen LogP contribution in [0, 0.1) is 0 Å². The minimum Gasteiger partial charge on any atom is -0.380 e. The second-order valence-corrected chi connectivity index (χ2v) is 3.71. The maximum absolute atomic E-state index is 5.73. The molecular formula is C10H17ClN4O. The Labute approximate surface area is 100 Å². The molecule has 0 saturated carbocycles. The maximum Gasteiger partial charge on any atom is 0.223 e. The molecule has 1 rings (SSSR count). The van der Waals surface area contributed by atoms with Crippen molar-refractivity contribution in [2.24, 2.45) is 0 Å². The van der Waals surface area contributed by atoms with E-state index in [0.717, 1.165) is 19.4 Å². The first-order valence-electron chi connectivity index (χ1n) is 5.34. The lowest BCUT2D eigenvalue weighted by Crippen LogP contribution is -2.11. The van der Waals surface area contributed by atoms with Crippen LogP contribution >= 0.6 is 11.6 Å². The number of rotatable bonds is 7. The first kappa shape index (κ1) is 13.0. The fourth-order valence-electron chi connectivity index (χ4n) is 1.13. The average molecular weight is 245 g/mol. The van der Waals surface area contributed by atoms with E-state index in [9.17, 15) is 0 Å². The van der Waals surface area contributed by atoms with Gasteiger partial charge in [0.05, 0.1) is 6.61 Å². The molecule has 1 aromatic rings. The molecule has 0 atom stereocenters. The lowest BCUT2D eigenvalue weighted by Gasteiger charge is -2.06. The number of unbranched alkanes of at least 4 members (excludes halogenated alkanes) is 1. The second-order valence-electron chi connectivity index (χ2n) is 3.33. The van der Waals surface area contributed by atoms with Gasteiger partial charge in [0.25, 0.3) is 0 Å². The van der Waals surface area contributed by atoms with Gasteiger partial charge in [-0.25, -0.2) is 4.98 Å². The van der Waals surface area contributed by atoms with E-state index in [2.05, 4.69) is 22.2 Å². The van der Waals surface area contributed by atoms with E-state index < -0.39 is 0 Å². The van der Waals surface area contributed by atoms with E-state index in [0.29, 0.717) is 24.1 Å².